The number of hydrogen-bond acceptors (Lipinski definition) is 2. The summed E-state index contributed by atoms with van der Waals surface area (Å²) in [6.07, 6.45) is 2.05. The molecule has 4 N–H and O–H groups in total. The second-order valence-electron chi connectivity index (χ2n) is 7.03. The smallest absolute Gasteiger partial charge is 0.249 e. The second kappa shape index (κ2) is 7.17. The molecular weight excluding hydrogens is 360 g/mol. The molecule has 142 valence electrons. The van der Waals surface area contributed by atoms with Crippen molar-refractivity contribution >= 4 is 28.2 Å². The Balaban J connectivity index is 1.94. The zero-order valence-electron chi connectivity index (χ0n) is 16.0. The molecule has 0 aliphatic rings. The highest BCUT2D eigenvalue weighted by Crippen LogP contribution is 2.36. The van der Waals surface area contributed by atoms with Crippen molar-refractivity contribution in [2.24, 2.45) is 5.73 Å². The van der Waals surface area contributed by atoms with Gasteiger partial charge in [-0.2, -0.15) is 0 Å². The van der Waals surface area contributed by atoms with Crippen molar-refractivity contribution in [2.75, 3.05) is 5.73 Å². The maximum absolute atomic E-state index is 11.8. The fraction of sp³-hybridized carbons (Fsp3) is 0.0833. The van der Waals surface area contributed by atoms with Crippen LogP contribution in [0.3, 0.4) is 0 Å². The number of nitrogens with two attached hydrogens (primary N) is 2. The fourth-order valence-corrected chi connectivity index (χ4v) is 3.73. The molecule has 0 saturated carbocycles. The number of nitrogens with zero attached hydrogens (tertiary/aromatic N) is 2. The summed E-state index contributed by atoms with van der Waals surface area (Å²) in [4.78, 5) is 15.4. The molecule has 1 aromatic heterocycles. The third kappa shape index (κ3) is 3.21. The first kappa shape index (κ1) is 18.3. The molecule has 0 fully saturated rings. The molecule has 0 saturated heterocycles. The van der Waals surface area contributed by atoms with Crippen LogP contribution in [0.5, 0.6) is 0 Å². The van der Waals surface area contributed by atoms with Gasteiger partial charge in [-0.1, -0.05) is 36.4 Å². The van der Waals surface area contributed by atoms with E-state index in [-0.39, 0.29) is 0 Å². The minimum atomic E-state index is -0.445. The molecule has 3 aromatic carbocycles. The minimum Gasteiger partial charge on any atom is -0.398 e. The van der Waals surface area contributed by atoms with E-state index in [1.165, 1.54) is 0 Å². The number of carbonyl (C=O) groups excluding carboxylic acids is 1. The van der Waals surface area contributed by atoms with Crippen LogP contribution in [0.2, 0.25) is 0 Å². The quantitative estimate of drug-likeness (QED) is 0.390. The van der Waals surface area contributed by atoms with Gasteiger partial charge in [0, 0.05) is 35.1 Å². The van der Waals surface area contributed by atoms with Crippen molar-refractivity contribution in [1.29, 1.82) is 0 Å². The van der Waals surface area contributed by atoms with Crippen molar-refractivity contribution in [2.45, 2.75) is 13.5 Å². The van der Waals surface area contributed by atoms with Gasteiger partial charge in [0.15, 0.2) is 5.69 Å². The van der Waals surface area contributed by atoms with Gasteiger partial charge >= 0.3 is 0 Å². The molecule has 0 aliphatic carbocycles. The summed E-state index contributed by atoms with van der Waals surface area (Å²) in [6.45, 7) is 9.87. The Hall–Kier alpha value is -4.04. The number of anilines is 1. The number of primary amides is 1. The fourth-order valence-electron chi connectivity index (χ4n) is 3.73. The number of benzene rings is 3. The van der Waals surface area contributed by atoms with Crippen LogP contribution in [0.15, 0.2) is 66.9 Å². The third-order valence-corrected chi connectivity index (χ3v) is 5.28. The Morgan fingerprint density at radius 2 is 1.86 bits per heavy atom. The van der Waals surface area contributed by atoms with Gasteiger partial charge in [0.1, 0.15) is 0 Å². The Labute approximate surface area is 169 Å². The number of nitrogen functional groups attached to an aromatic ring is 1. The molecule has 5 nitrogen and oxygen atoms in total. The van der Waals surface area contributed by atoms with Gasteiger partial charge in [-0.05, 0) is 53.3 Å². The van der Waals surface area contributed by atoms with Gasteiger partial charge in [-0.3, -0.25) is 4.79 Å². The summed E-state index contributed by atoms with van der Waals surface area (Å²) in [5.41, 5.74) is 18.4. The van der Waals surface area contributed by atoms with Gasteiger partial charge in [0.25, 0.3) is 0 Å². The lowest BCUT2D eigenvalue weighted by molar-refractivity contribution is 0.0999. The van der Waals surface area contributed by atoms with Crippen LogP contribution < -0.4 is 11.5 Å². The van der Waals surface area contributed by atoms with E-state index < -0.39 is 5.91 Å². The predicted octanol–water partition coefficient (Wildman–Crippen LogP) is 4.90. The van der Waals surface area contributed by atoms with Gasteiger partial charge in [-0.25, -0.2) is 4.85 Å². The van der Waals surface area contributed by atoms with Crippen molar-refractivity contribution in [1.82, 2.24) is 4.57 Å². The standard InChI is InChI=1S/C24H20N4O/c1-15-18(8-5-9-22(15)25)21-14-28(23-11-10-17(27-2)12-20(21)23)13-16-6-3-4-7-19(16)24(26)29/h3-12,14H,13,25H2,1H3,(H2,26,29). The predicted molar refractivity (Wildman–Crippen MR) is 117 cm³/mol. The first-order chi connectivity index (χ1) is 14.0. The first-order valence-electron chi connectivity index (χ1n) is 9.23. The van der Waals surface area contributed by atoms with Crippen LogP contribution in [0.1, 0.15) is 21.5 Å². The molecule has 5 heteroatoms. The molecule has 29 heavy (non-hydrogen) atoms. The maximum Gasteiger partial charge on any atom is 0.249 e. The van der Waals surface area contributed by atoms with Gasteiger partial charge in [0.05, 0.1) is 6.57 Å². The third-order valence-electron chi connectivity index (χ3n) is 5.28. The van der Waals surface area contributed by atoms with Crippen molar-refractivity contribution in [3.8, 4) is 11.1 Å². The van der Waals surface area contributed by atoms with Gasteiger partial charge < -0.3 is 16.0 Å². The number of rotatable bonds is 4. The van der Waals surface area contributed by atoms with E-state index in [9.17, 15) is 4.79 Å². The van der Waals surface area contributed by atoms with Gasteiger partial charge in [0.2, 0.25) is 5.91 Å². The summed E-state index contributed by atoms with van der Waals surface area (Å²) >= 11 is 0. The van der Waals surface area contributed by atoms with Crippen LogP contribution in [-0.2, 0) is 6.54 Å². The molecular formula is C24H20N4O. The zero-order chi connectivity index (χ0) is 20.5. The molecule has 1 amide bonds. The molecule has 0 atom stereocenters. The maximum atomic E-state index is 11.8. The van der Waals surface area contributed by atoms with E-state index in [0.717, 1.165) is 38.8 Å². The molecule has 0 radical (unpaired) electrons. The van der Waals surface area contributed by atoms with Crippen LogP contribution in [0, 0.1) is 13.5 Å². The SMILES string of the molecule is [C-]#[N+]c1ccc2c(c1)c(-c1cccc(N)c1C)cn2Cc1ccccc1C(N)=O. The van der Waals surface area contributed by atoms with Crippen LogP contribution >= 0.6 is 0 Å². The number of amides is 1. The molecule has 0 aliphatic heterocycles. The number of fused-ring (bicyclic) bond motifs is 1. The molecule has 1 heterocycles. The highest BCUT2D eigenvalue weighted by atomic mass is 16.1. The molecule has 0 unspecified atom stereocenters. The number of carbonyl (C=O) groups is 1. The van der Waals surface area contributed by atoms with E-state index in [4.69, 9.17) is 18.0 Å². The molecule has 4 aromatic rings. The summed E-state index contributed by atoms with van der Waals surface area (Å²) in [6, 6.07) is 18.8. The largest absolute Gasteiger partial charge is 0.398 e. The Morgan fingerprint density at radius 3 is 2.62 bits per heavy atom. The van der Waals surface area contributed by atoms with E-state index in [1.54, 1.807) is 12.1 Å². The normalized spacial score (nSPS) is 10.8. The van der Waals surface area contributed by atoms with Crippen molar-refractivity contribution in [3.05, 3.63) is 95.0 Å². The van der Waals surface area contributed by atoms with E-state index in [0.29, 0.717) is 17.8 Å². The summed E-state index contributed by atoms with van der Waals surface area (Å²) in [5.74, 6) is -0.445. The molecule has 0 bridgehead atoms. The van der Waals surface area contributed by atoms with E-state index in [2.05, 4.69) is 15.6 Å². The Morgan fingerprint density at radius 1 is 1.07 bits per heavy atom. The minimum absolute atomic E-state index is 0.445. The van der Waals surface area contributed by atoms with Crippen LogP contribution in [0.4, 0.5) is 11.4 Å². The topological polar surface area (TPSA) is 78.4 Å². The van der Waals surface area contributed by atoms with E-state index >= 15 is 0 Å². The monoisotopic (exact) mass is 380 g/mol. The summed E-state index contributed by atoms with van der Waals surface area (Å²) in [7, 11) is 0. The highest BCUT2D eigenvalue weighted by Gasteiger charge is 2.15. The average molecular weight is 380 g/mol. The lowest BCUT2D eigenvalue weighted by Crippen LogP contribution is -2.14. The Kier molecular flexibility index (Phi) is 4.53. The van der Waals surface area contributed by atoms with Crippen LogP contribution in [-0.4, -0.2) is 10.5 Å². The second-order valence-corrected chi connectivity index (χ2v) is 7.03. The van der Waals surface area contributed by atoms with Crippen LogP contribution in [0.25, 0.3) is 26.9 Å². The molecule has 4 rings (SSSR count). The van der Waals surface area contributed by atoms with Crippen molar-refractivity contribution in [3.63, 3.8) is 0 Å². The zero-order valence-corrected chi connectivity index (χ0v) is 16.0. The molecule has 0 spiro atoms. The van der Waals surface area contributed by atoms with Gasteiger partial charge in [-0.15, -0.1) is 0 Å². The van der Waals surface area contributed by atoms with E-state index in [1.807, 2.05) is 55.5 Å². The average Bonchev–Trinajstić information content (AvgIpc) is 3.07. The lowest BCUT2D eigenvalue weighted by Gasteiger charge is -2.09. The summed E-state index contributed by atoms with van der Waals surface area (Å²) in [5, 5.41) is 0.976. The lowest BCUT2D eigenvalue weighted by atomic mass is 9.99. The highest BCUT2D eigenvalue weighted by molar-refractivity contribution is 5.99. The Bertz CT molecular complexity index is 1290. The van der Waals surface area contributed by atoms with Crippen molar-refractivity contribution < 1.29 is 4.79 Å². The summed E-state index contributed by atoms with van der Waals surface area (Å²) < 4.78 is 2.09. The number of hydrogen-bond donors (Lipinski definition) is 2. The first-order valence-corrected chi connectivity index (χ1v) is 9.23. The number of aromatic nitrogens is 1.